The van der Waals surface area contributed by atoms with Gasteiger partial charge in [-0.3, -0.25) is 0 Å². The summed E-state index contributed by atoms with van der Waals surface area (Å²) in [5, 5.41) is 1.69. The second kappa shape index (κ2) is 5.78. The lowest BCUT2D eigenvalue weighted by molar-refractivity contribution is 1.18. The topological polar surface area (TPSA) is 38.7 Å². The van der Waals surface area contributed by atoms with Crippen molar-refractivity contribution in [1.82, 2.24) is 15.0 Å². The molecule has 0 saturated heterocycles. The molecule has 0 N–H and O–H groups in total. The summed E-state index contributed by atoms with van der Waals surface area (Å²) in [4.78, 5) is 13.7. The molecule has 0 aliphatic carbocycles. The van der Waals surface area contributed by atoms with Crippen LogP contribution in [-0.4, -0.2) is 15.0 Å². The Kier molecular flexibility index (Phi) is 3.48. The number of para-hydroxylation sites is 1. The first-order valence-corrected chi connectivity index (χ1v) is 7.63. The molecule has 0 unspecified atom stereocenters. The van der Waals surface area contributed by atoms with E-state index in [0.29, 0.717) is 10.8 Å². The third kappa shape index (κ3) is 2.67. The van der Waals surface area contributed by atoms with Gasteiger partial charge in [0.15, 0.2) is 5.82 Å². The summed E-state index contributed by atoms with van der Waals surface area (Å²) in [6, 6.07) is 21.4. The Labute approximate surface area is 138 Å². The Morgan fingerprint density at radius 2 is 1.48 bits per heavy atom. The van der Waals surface area contributed by atoms with Gasteiger partial charge in [0.2, 0.25) is 0 Å². The molecule has 4 aromatic rings. The molecule has 4 rings (SSSR count). The third-order valence-corrected chi connectivity index (χ3v) is 3.95. The zero-order valence-corrected chi connectivity index (χ0v) is 12.9. The number of halogens is 1. The molecule has 3 nitrogen and oxygen atoms in total. The summed E-state index contributed by atoms with van der Waals surface area (Å²) in [6.07, 6.45) is 1.82. The molecule has 0 bridgehead atoms. The maximum atomic E-state index is 6.26. The van der Waals surface area contributed by atoms with Crippen molar-refractivity contribution in [2.24, 2.45) is 0 Å². The number of hydrogen-bond donors (Lipinski definition) is 0. The van der Waals surface area contributed by atoms with Crippen LogP contribution >= 0.6 is 11.6 Å². The van der Waals surface area contributed by atoms with Gasteiger partial charge in [-0.05, 0) is 24.3 Å². The van der Waals surface area contributed by atoms with E-state index in [4.69, 9.17) is 11.6 Å². The van der Waals surface area contributed by atoms with Crippen LogP contribution in [0.15, 0.2) is 72.9 Å². The van der Waals surface area contributed by atoms with E-state index in [9.17, 15) is 0 Å². The monoisotopic (exact) mass is 317 g/mol. The van der Waals surface area contributed by atoms with E-state index >= 15 is 0 Å². The largest absolute Gasteiger partial charge is 0.244 e. The van der Waals surface area contributed by atoms with Crippen molar-refractivity contribution >= 4 is 22.5 Å². The van der Waals surface area contributed by atoms with Gasteiger partial charge in [0.25, 0.3) is 0 Å². The Balaban J connectivity index is 1.83. The second-order valence-corrected chi connectivity index (χ2v) is 5.55. The maximum absolute atomic E-state index is 6.26. The molecule has 4 heteroatoms. The second-order valence-electron chi connectivity index (χ2n) is 5.14. The third-order valence-electron chi connectivity index (χ3n) is 3.62. The number of hydrogen-bond acceptors (Lipinski definition) is 3. The number of benzene rings is 2. The first kappa shape index (κ1) is 13.9. The minimum Gasteiger partial charge on any atom is -0.244 e. The SMILES string of the molecule is Clc1ccccc1-c1cccc(-c2ncc3ccccc3n2)n1. The number of nitrogens with zero attached hydrogens (tertiary/aromatic N) is 3. The minimum absolute atomic E-state index is 0.609. The zero-order valence-electron chi connectivity index (χ0n) is 12.1. The predicted molar refractivity (Wildman–Crippen MR) is 93.2 cm³/mol. The number of aromatic nitrogens is 3. The highest BCUT2D eigenvalue weighted by atomic mass is 35.5. The average Bonchev–Trinajstić information content (AvgIpc) is 2.62. The smallest absolute Gasteiger partial charge is 0.178 e. The maximum Gasteiger partial charge on any atom is 0.178 e. The normalized spacial score (nSPS) is 10.8. The quantitative estimate of drug-likeness (QED) is 0.521. The Bertz CT molecular complexity index is 998. The van der Waals surface area contributed by atoms with Crippen molar-refractivity contribution in [2.75, 3.05) is 0 Å². The molecule has 2 heterocycles. The lowest BCUT2D eigenvalue weighted by Gasteiger charge is -2.06. The van der Waals surface area contributed by atoms with Gasteiger partial charge in [0.05, 0.1) is 11.2 Å². The fourth-order valence-electron chi connectivity index (χ4n) is 2.47. The first-order chi connectivity index (χ1) is 11.3. The molecule has 0 spiro atoms. The van der Waals surface area contributed by atoms with Crippen LogP contribution in [0.25, 0.3) is 33.7 Å². The van der Waals surface area contributed by atoms with Crippen LogP contribution in [0.1, 0.15) is 0 Å². The fraction of sp³-hybridized carbons (Fsp3) is 0. The molecule has 0 saturated carbocycles. The molecule has 23 heavy (non-hydrogen) atoms. The summed E-state index contributed by atoms with van der Waals surface area (Å²) in [6.45, 7) is 0. The summed E-state index contributed by atoms with van der Waals surface area (Å²) < 4.78 is 0. The Hall–Kier alpha value is -2.78. The molecule has 0 atom stereocenters. The van der Waals surface area contributed by atoms with E-state index < -0.39 is 0 Å². The number of fused-ring (bicyclic) bond motifs is 1. The van der Waals surface area contributed by atoms with Gasteiger partial charge in [-0.2, -0.15) is 0 Å². The van der Waals surface area contributed by atoms with Gasteiger partial charge >= 0.3 is 0 Å². The van der Waals surface area contributed by atoms with Crippen LogP contribution in [0.4, 0.5) is 0 Å². The first-order valence-electron chi connectivity index (χ1n) is 7.25. The minimum atomic E-state index is 0.609. The van der Waals surface area contributed by atoms with Crippen LogP contribution < -0.4 is 0 Å². The van der Waals surface area contributed by atoms with Crippen molar-refractivity contribution in [2.45, 2.75) is 0 Å². The fourth-order valence-corrected chi connectivity index (χ4v) is 2.71. The molecular weight excluding hydrogens is 306 g/mol. The standard InChI is InChI=1S/C19H12ClN3/c20-15-8-3-2-7-14(15)17-10-5-11-18(22-17)19-21-12-13-6-1-4-9-16(13)23-19/h1-12H. The van der Waals surface area contributed by atoms with Gasteiger partial charge < -0.3 is 0 Å². The van der Waals surface area contributed by atoms with E-state index in [2.05, 4.69) is 15.0 Å². The van der Waals surface area contributed by atoms with Crippen molar-refractivity contribution in [3.8, 4) is 22.8 Å². The molecule has 110 valence electrons. The highest BCUT2D eigenvalue weighted by Crippen LogP contribution is 2.27. The van der Waals surface area contributed by atoms with Crippen LogP contribution in [0.2, 0.25) is 5.02 Å². The summed E-state index contributed by atoms with van der Waals surface area (Å²) >= 11 is 6.26. The van der Waals surface area contributed by atoms with Gasteiger partial charge in [0.1, 0.15) is 5.69 Å². The van der Waals surface area contributed by atoms with Crippen molar-refractivity contribution in [1.29, 1.82) is 0 Å². The zero-order chi connectivity index (χ0) is 15.6. The Morgan fingerprint density at radius 3 is 2.39 bits per heavy atom. The highest BCUT2D eigenvalue weighted by Gasteiger charge is 2.08. The highest BCUT2D eigenvalue weighted by molar-refractivity contribution is 6.33. The van der Waals surface area contributed by atoms with Gasteiger partial charge in [-0.1, -0.05) is 54.1 Å². The summed E-state index contributed by atoms with van der Waals surface area (Å²) in [5.41, 5.74) is 3.34. The van der Waals surface area contributed by atoms with E-state index in [1.165, 1.54) is 0 Å². The molecule has 2 aromatic heterocycles. The van der Waals surface area contributed by atoms with Crippen LogP contribution in [0.5, 0.6) is 0 Å². The summed E-state index contributed by atoms with van der Waals surface area (Å²) in [5.74, 6) is 0.609. The van der Waals surface area contributed by atoms with E-state index in [1.807, 2.05) is 72.9 Å². The summed E-state index contributed by atoms with van der Waals surface area (Å²) in [7, 11) is 0. The Morgan fingerprint density at radius 1 is 0.696 bits per heavy atom. The van der Waals surface area contributed by atoms with Crippen molar-refractivity contribution < 1.29 is 0 Å². The molecule has 0 radical (unpaired) electrons. The molecule has 0 aliphatic rings. The van der Waals surface area contributed by atoms with Gasteiger partial charge in [-0.15, -0.1) is 0 Å². The van der Waals surface area contributed by atoms with Crippen molar-refractivity contribution in [3.05, 3.63) is 77.9 Å². The molecule has 0 fully saturated rings. The predicted octanol–water partition coefficient (Wildman–Crippen LogP) is 5.01. The average molecular weight is 318 g/mol. The van der Waals surface area contributed by atoms with E-state index in [1.54, 1.807) is 0 Å². The lowest BCUT2D eigenvalue weighted by Crippen LogP contribution is -1.94. The van der Waals surface area contributed by atoms with E-state index in [-0.39, 0.29) is 0 Å². The lowest BCUT2D eigenvalue weighted by atomic mass is 10.1. The van der Waals surface area contributed by atoms with Crippen LogP contribution in [-0.2, 0) is 0 Å². The van der Waals surface area contributed by atoms with Gasteiger partial charge in [-0.25, -0.2) is 15.0 Å². The molecule has 2 aromatic carbocycles. The van der Waals surface area contributed by atoms with Gasteiger partial charge in [0, 0.05) is 22.2 Å². The molecule has 0 amide bonds. The molecular formula is C19H12ClN3. The number of rotatable bonds is 2. The van der Waals surface area contributed by atoms with Crippen LogP contribution in [0, 0.1) is 0 Å². The van der Waals surface area contributed by atoms with Crippen LogP contribution in [0.3, 0.4) is 0 Å². The number of pyridine rings is 1. The molecule has 0 aliphatic heterocycles. The van der Waals surface area contributed by atoms with E-state index in [0.717, 1.165) is 27.9 Å². The van der Waals surface area contributed by atoms with Crippen molar-refractivity contribution in [3.63, 3.8) is 0 Å².